The van der Waals surface area contributed by atoms with Crippen molar-refractivity contribution in [3.8, 4) is 0 Å². The highest BCUT2D eigenvalue weighted by Crippen LogP contribution is 2.21. The molecule has 0 amide bonds. The number of aliphatic imine (C=N–C) groups is 1. The van der Waals surface area contributed by atoms with Gasteiger partial charge in [0.1, 0.15) is 0 Å². The minimum atomic E-state index is 0.896. The van der Waals surface area contributed by atoms with Gasteiger partial charge in [-0.25, -0.2) is 0 Å². The van der Waals surface area contributed by atoms with E-state index in [-0.39, 0.29) is 0 Å². The Morgan fingerprint density at radius 2 is 2.57 bits per heavy atom. The second-order valence-corrected chi connectivity index (χ2v) is 5.54. The van der Waals surface area contributed by atoms with Crippen LogP contribution in [0, 0.1) is 0 Å². The number of halogens is 1. The van der Waals surface area contributed by atoms with Gasteiger partial charge in [0.25, 0.3) is 0 Å². The van der Waals surface area contributed by atoms with Crippen LogP contribution in [0.25, 0.3) is 0 Å². The maximum atomic E-state index is 4.36. The van der Waals surface area contributed by atoms with Crippen molar-refractivity contribution in [1.82, 2.24) is 10.2 Å². The van der Waals surface area contributed by atoms with Crippen LogP contribution in [0.3, 0.4) is 0 Å². The quantitative estimate of drug-likeness (QED) is 0.892. The van der Waals surface area contributed by atoms with Gasteiger partial charge in [0, 0.05) is 20.1 Å². The highest BCUT2D eigenvalue weighted by molar-refractivity contribution is 9.11. The third-order valence-corrected chi connectivity index (χ3v) is 3.61. The molecule has 1 N–H and O–H groups in total. The van der Waals surface area contributed by atoms with Crippen molar-refractivity contribution in [2.45, 2.75) is 6.54 Å². The molecule has 0 bridgehead atoms. The Balaban J connectivity index is 1.97. The molecule has 1 aromatic heterocycles. The molecule has 0 aliphatic carbocycles. The Bertz CT molecular complexity index is 348. The van der Waals surface area contributed by atoms with Crippen LogP contribution in [-0.4, -0.2) is 31.0 Å². The molecule has 3 nitrogen and oxygen atoms in total. The summed E-state index contributed by atoms with van der Waals surface area (Å²) in [6.07, 6.45) is 0. The number of hydrogen-bond acceptors (Lipinski definition) is 4. The number of hydrogen-bond donors (Lipinski definition) is 1. The summed E-state index contributed by atoms with van der Waals surface area (Å²) in [5.41, 5.74) is 1.32. The van der Waals surface area contributed by atoms with E-state index in [0.29, 0.717) is 0 Å². The SMILES string of the molecule is CN(Cc1csc(Br)c1)C1=NCCN1. The Morgan fingerprint density at radius 1 is 1.71 bits per heavy atom. The Labute approximate surface area is 96.0 Å². The molecule has 5 heteroatoms. The predicted molar refractivity (Wildman–Crippen MR) is 63.8 cm³/mol. The van der Waals surface area contributed by atoms with Gasteiger partial charge in [-0.2, -0.15) is 0 Å². The standard InChI is InChI=1S/C9H12BrN3S/c1-13(9-11-2-3-12-9)5-7-4-8(10)14-6-7/h4,6H,2-3,5H2,1H3,(H,11,12). The first kappa shape index (κ1) is 9.98. The van der Waals surface area contributed by atoms with E-state index in [1.807, 2.05) is 0 Å². The summed E-state index contributed by atoms with van der Waals surface area (Å²) in [6.45, 7) is 2.77. The lowest BCUT2D eigenvalue weighted by Crippen LogP contribution is -2.35. The Morgan fingerprint density at radius 3 is 3.14 bits per heavy atom. The molecule has 0 unspecified atom stereocenters. The van der Waals surface area contributed by atoms with Crippen molar-refractivity contribution >= 4 is 33.2 Å². The molecular formula is C9H12BrN3S. The highest BCUT2D eigenvalue weighted by atomic mass is 79.9. The van der Waals surface area contributed by atoms with Gasteiger partial charge in [0.2, 0.25) is 0 Å². The topological polar surface area (TPSA) is 27.6 Å². The van der Waals surface area contributed by atoms with Gasteiger partial charge in [0.05, 0.1) is 10.3 Å². The van der Waals surface area contributed by atoms with Crippen LogP contribution in [0.5, 0.6) is 0 Å². The highest BCUT2D eigenvalue weighted by Gasteiger charge is 2.10. The third kappa shape index (κ3) is 2.27. The predicted octanol–water partition coefficient (Wildman–Crippen LogP) is 1.90. The number of nitrogens with zero attached hydrogens (tertiary/aromatic N) is 2. The molecule has 0 saturated carbocycles. The molecule has 2 heterocycles. The second kappa shape index (κ2) is 4.31. The van der Waals surface area contributed by atoms with Crippen LogP contribution >= 0.6 is 27.3 Å². The van der Waals surface area contributed by atoms with Gasteiger partial charge in [-0.1, -0.05) is 0 Å². The van der Waals surface area contributed by atoms with Crippen molar-refractivity contribution in [3.05, 3.63) is 20.8 Å². The van der Waals surface area contributed by atoms with Crippen molar-refractivity contribution in [2.75, 3.05) is 20.1 Å². The molecule has 0 saturated heterocycles. The van der Waals surface area contributed by atoms with Crippen LogP contribution in [0.2, 0.25) is 0 Å². The summed E-state index contributed by atoms with van der Waals surface area (Å²) in [6, 6.07) is 2.15. The zero-order valence-electron chi connectivity index (χ0n) is 7.96. The molecular weight excluding hydrogens is 262 g/mol. The lowest BCUT2D eigenvalue weighted by molar-refractivity contribution is 0.487. The normalized spacial score (nSPS) is 15.1. The van der Waals surface area contributed by atoms with E-state index in [0.717, 1.165) is 25.6 Å². The summed E-state index contributed by atoms with van der Waals surface area (Å²) in [5.74, 6) is 1.01. The average Bonchev–Trinajstić information content (AvgIpc) is 2.75. The summed E-state index contributed by atoms with van der Waals surface area (Å²) < 4.78 is 1.18. The molecule has 0 spiro atoms. The molecule has 1 aliphatic heterocycles. The first-order valence-corrected chi connectivity index (χ1v) is 6.15. The van der Waals surface area contributed by atoms with E-state index in [2.05, 4.69) is 49.6 Å². The van der Waals surface area contributed by atoms with Gasteiger partial charge in [-0.05, 0) is 32.9 Å². The smallest absolute Gasteiger partial charge is 0.194 e. The molecule has 0 aromatic carbocycles. The molecule has 0 radical (unpaired) electrons. The number of nitrogens with one attached hydrogen (secondary N) is 1. The van der Waals surface area contributed by atoms with E-state index in [4.69, 9.17) is 0 Å². The van der Waals surface area contributed by atoms with E-state index in [9.17, 15) is 0 Å². The first-order valence-electron chi connectivity index (χ1n) is 4.48. The molecule has 0 atom stereocenters. The minimum absolute atomic E-state index is 0.896. The summed E-state index contributed by atoms with van der Waals surface area (Å²) >= 11 is 5.18. The van der Waals surface area contributed by atoms with E-state index in [1.54, 1.807) is 11.3 Å². The van der Waals surface area contributed by atoms with Crippen LogP contribution < -0.4 is 5.32 Å². The van der Waals surface area contributed by atoms with Crippen LogP contribution in [0.15, 0.2) is 20.2 Å². The van der Waals surface area contributed by atoms with Crippen molar-refractivity contribution in [3.63, 3.8) is 0 Å². The van der Waals surface area contributed by atoms with Crippen LogP contribution in [0.1, 0.15) is 5.56 Å². The van der Waals surface area contributed by atoms with Gasteiger partial charge in [0.15, 0.2) is 5.96 Å². The maximum Gasteiger partial charge on any atom is 0.194 e. The monoisotopic (exact) mass is 273 g/mol. The molecule has 2 rings (SSSR count). The van der Waals surface area contributed by atoms with Crippen LogP contribution in [0.4, 0.5) is 0 Å². The van der Waals surface area contributed by atoms with Crippen LogP contribution in [-0.2, 0) is 6.54 Å². The number of guanidine groups is 1. The van der Waals surface area contributed by atoms with E-state index < -0.39 is 0 Å². The summed E-state index contributed by atoms with van der Waals surface area (Å²) in [7, 11) is 2.06. The fourth-order valence-electron chi connectivity index (χ4n) is 1.42. The van der Waals surface area contributed by atoms with Crippen molar-refractivity contribution < 1.29 is 0 Å². The Kier molecular flexibility index (Phi) is 3.08. The fourth-order valence-corrected chi connectivity index (χ4v) is 2.62. The summed E-state index contributed by atoms with van der Waals surface area (Å²) in [5, 5.41) is 5.41. The van der Waals surface area contributed by atoms with Crippen molar-refractivity contribution in [2.24, 2.45) is 4.99 Å². The van der Waals surface area contributed by atoms with Gasteiger partial charge >= 0.3 is 0 Å². The van der Waals surface area contributed by atoms with Crippen molar-refractivity contribution in [1.29, 1.82) is 0 Å². The average molecular weight is 274 g/mol. The largest absolute Gasteiger partial charge is 0.354 e. The lowest BCUT2D eigenvalue weighted by Gasteiger charge is -2.17. The molecule has 0 fully saturated rings. The first-order chi connectivity index (χ1) is 6.75. The molecule has 1 aliphatic rings. The van der Waals surface area contributed by atoms with Gasteiger partial charge in [-0.3, -0.25) is 4.99 Å². The second-order valence-electron chi connectivity index (χ2n) is 3.25. The van der Waals surface area contributed by atoms with E-state index in [1.165, 1.54) is 9.35 Å². The van der Waals surface area contributed by atoms with Gasteiger partial charge in [-0.15, -0.1) is 11.3 Å². The van der Waals surface area contributed by atoms with E-state index >= 15 is 0 Å². The molecule has 1 aromatic rings. The lowest BCUT2D eigenvalue weighted by atomic mass is 10.3. The number of thiophene rings is 1. The zero-order valence-corrected chi connectivity index (χ0v) is 10.4. The maximum absolute atomic E-state index is 4.36. The Hall–Kier alpha value is -0.550. The van der Waals surface area contributed by atoms with Gasteiger partial charge < -0.3 is 10.2 Å². The summed E-state index contributed by atoms with van der Waals surface area (Å²) in [4.78, 5) is 6.50. The third-order valence-electron chi connectivity index (χ3n) is 2.06. The number of rotatable bonds is 2. The fraction of sp³-hybridized carbons (Fsp3) is 0.444. The zero-order chi connectivity index (χ0) is 9.97. The minimum Gasteiger partial charge on any atom is -0.354 e. The molecule has 76 valence electrons. The molecule has 14 heavy (non-hydrogen) atoms.